The molecule has 1 fully saturated rings. The maximum absolute atomic E-state index is 13.1. The van der Waals surface area contributed by atoms with E-state index in [0.717, 1.165) is 41.8 Å². The Morgan fingerprint density at radius 1 is 1.16 bits per heavy atom. The zero-order valence-electron chi connectivity index (χ0n) is 14.4. The number of hydrogen-bond acceptors (Lipinski definition) is 3. The molecule has 0 aromatic heterocycles. The van der Waals surface area contributed by atoms with Gasteiger partial charge in [0.2, 0.25) is 5.91 Å². The fraction of sp³-hybridized carbons (Fsp3) is 0.333. The van der Waals surface area contributed by atoms with Gasteiger partial charge in [-0.1, -0.05) is 36.4 Å². The Kier molecular flexibility index (Phi) is 3.82. The highest BCUT2D eigenvalue weighted by Crippen LogP contribution is 2.46. The maximum atomic E-state index is 13.1. The lowest BCUT2D eigenvalue weighted by Crippen LogP contribution is -2.51. The number of likely N-dealkylation sites (tertiary alicyclic amines) is 1. The van der Waals surface area contributed by atoms with E-state index in [2.05, 4.69) is 17.0 Å². The molecule has 2 aromatic rings. The van der Waals surface area contributed by atoms with Crippen LogP contribution in [0.25, 0.3) is 0 Å². The van der Waals surface area contributed by atoms with Crippen LogP contribution in [0.4, 0.5) is 5.69 Å². The number of carbonyl (C=O) groups excluding carboxylic acids is 1. The number of anilines is 1. The van der Waals surface area contributed by atoms with Crippen molar-refractivity contribution in [2.24, 2.45) is 0 Å². The maximum Gasteiger partial charge on any atom is 0.238 e. The summed E-state index contributed by atoms with van der Waals surface area (Å²) in [7, 11) is 1.87. The first-order valence-electron chi connectivity index (χ1n) is 8.74. The average Bonchev–Trinajstić information content (AvgIpc) is 2.85. The van der Waals surface area contributed by atoms with Crippen molar-refractivity contribution in [2.45, 2.75) is 24.8 Å². The van der Waals surface area contributed by atoms with Gasteiger partial charge < -0.3 is 4.90 Å². The minimum Gasteiger partial charge on any atom is -0.314 e. The summed E-state index contributed by atoms with van der Waals surface area (Å²) in [6.07, 6.45) is 1.88. The van der Waals surface area contributed by atoms with Crippen LogP contribution in [0.1, 0.15) is 29.5 Å². The number of hydrogen-bond donors (Lipinski definition) is 0. The number of nitriles is 1. The molecule has 1 saturated heterocycles. The molecule has 1 atom stereocenters. The standard InChI is InChI=1S/C21H21N3O/c1-23-19-10-5-4-9-18(19)21(20(23)25)11-6-12-24(15-21)14-17-8-3-2-7-16(17)13-22/h2-5,7-10H,6,11-12,14-15H2,1H3/t21-/m0/s1. The number of benzene rings is 2. The second-order valence-corrected chi connectivity index (χ2v) is 7.05. The van der Waals surface area contributed by atoms with Crippen molar-refractivity contribution < 1.29 is 4.79 Å². The Labute approximate surface area is 148 Å². The van der Waals surface area contributed by atoms with Crippen molar-refractivity contribution in [1.82, 2.24) is 4.90 Å². The molecule has 0 unspecified atom stereocenters. The van der Waals surface area contributed by atoms with E-state index in [9.17, 15) is 10.1 Å². The van der Waals surface area contributed by atoms with Gasteiger partial charge in [-0.15, -0.1) is 0 Å². The third-order valence-corrected chi connectivity index (χ3v) is 5.60. The molecule has 2 aromatic carbocycles. The van der Waals surface area contributed by atoms with E-state index in [1.807, 2.05) is 54.4 Å². The predicted molar refractivity (Wildman–Crippen MR) is 97.2 cm³/mol. The van der Waals surface area contributed by atoms with E-state index in [4.69, 9.17) is 0 Å². The minimum atomic E-state index is -0.439. The second-order valence-electron chi connectivity index (χ2n) is 7.05. The first kappa shape index (κ1) is 15.9. The predicted octanol–water partition coefficient (Wildman–Crippen LogP) is 3.07. The number of amides is 1. The molecule has 0 bridgehead atoms. The fourth-order valence-corrected chi connectivity index (χ4v) is 4.40. The van der Waals surface area contributed by atoms with Crippen molar-refractivity contribution in [3.63, 3.8) is 0 Å². The number of carbonyl (C=O) groups is 1. The number of rotatable bonds is 2. The smallest absolute Gasteiger partial charge is 0.238 e. The van der Waals surface area contributed by atoms with Crippen LogP contribution < -0.4 is 4.90 Å². The van der Waals surface area contributed by atoms with Crippen molar-refractivity contribution >= 4 is 11.6 Å². The summed E-state index contributed by atoms with van der Waals surface area (Å²) in [5.74, 6) is 0.201. The molecule has 4 heteroatoms. The van der Waals surface area contributed by atoms with Crippen LogP contribution in [0.5, 0.6) is 0 Å². The van der Waals surface area contributed by atoms with Crippen molar-refractivity contribution in [2.75, 3.05) is 25.0 Å². The fourth-order valence-electron chi connectivity index (χ4n) is 4.40. The Balaban J connectivity index is 1.66. The summed E-state index contributed by atoms with van der Waals surface area (Å²) < 4.78 is 0. The number of nitrogens with zero attached hydrogens (tertiary/aromatic N) is 3. The Morgan fingerprint density at radius 3 is 2.76 bits per heavy atom. The van der Waals surface area contributed by atoms with Crippen LogP contribution in [0.3, 0.4) is 0 Å². The Hall–Kier alpha value is -2.64. The van der Waals surface area contributed by atoms with Gasteiger partial charge >= 0.3 is 0 Å². The van der Waals surface area contributed by atoms with Crippen LogP contribution in [0.15, 0.2) is 48.5 Å². The van der Waals surface area contributed by atoms with Crippen LogP contribution >= 0.6 is 0 Å². The molecule has 2 aliphatic heterocycles. The highest BCUT2D eigenvalue weighted by Gasteiger charge is 2.51. The Bertz CT molecular complexity index is 869. The molecule has 0 saturated carbocycles. The van der Waals surface area contributed by atoms with E-state index >= 15 is 0 Å². The molecule has 0 aliphatic carbocycles. The first-order chi connectivity index (χ1) is 12.2. The Morgan fingerprint density at radius 2 is 1.92 bits per heavy atom. The van der Waals surface area contributed by atoms with Gasteiger partial charge in [0.05, 0.1) is 17.0 Å². The second kappa shape index (κ2) is 6.02. The summed E-state index contributed by atoms with van der Waals surface area (Å²) in [6, 6.07) is 18.2. The summed E-state index contributed by atoms with van der Waals surface area (Å²) >= 11 is 0. The third-order valence-electron chi connectivity index (χ3n) is 5.60. The monoisotopic (exact) mass is 331 g/mol. The number of piperidine rings is 1. The molecule has 1 amide bonds. The highest BCUT2D eigenvalue weighted by molar-refractivity contribution is 6.08. The van der Waals surface area contributed by atoms with Crippen molar-refractivity contribution in [1.29, 1.82) is 5.26 Å². The van der Waals surface area contributed by atoms with Gasteiger partial charge in [-0.3, -0.25) is 9.69 Å². The molecule has 2 heterocycles. The normalized spacial score (nSPS) is 22.9. The van der Waals surface area contributed by atoms with E-state index in [1.54, 1.807) is 0 Å². The quantitative estimate of drug-likeness (QED) is 0.850. The molecule has 2 aliphatic rings. The SMILES string of the molecule is CN1C(=O)[C@]2(CCCN(Cc3ccccc3C#N)C2)c2ccccc21. The summed E-state index contributed by atoms with van der Waals surface area (Å²) in [5.41, 5.74) is 3.50. The van der Waals surface area contributed by atoms with Gasteiger partial charge in [-0.2, -0.15) is 5.26 Å². The van der Waals surface area contributed by atoms with E-state index < -0.39 is 5.41 Å². The molecule has 0 N–H and O–H groups in total. The lowest BCUT2D eigenvalue weighted by molar-refractivity contribution is -0.125. The van der Waals surface area contributed by atoms with Crippen LogP contribution in [-0.4, -0.2) is 30.9 Å². The molecular formula is C21H21N3O. The highest BCUT2D eigenvalue weighted by atomic mass is 16.2. The molecule has 0 radical (unpaired) electrons. The molecule has 25 heavy (non-hydrogen) atoms. The summed E-state index contributed by atoms with van der Waals surface area (Å²) in [5, 5.41) is 9.33. The van der Waals surface area contributed by atoms with Crippen molar-refractivity contribution in [3.05, 3.63) is 65.2 Å². The summed E-state index contributed by atoms with van der Waals surface area (Å²) in [4.78, 5) is 17.2. The lowest BCUT2D eigenvalue weighted by Gasteiger charge is -2.39. The van der Waals surface area contributed by atoms with Gasteiger partial charge in [0.1, 0.15) is 0 Å². The van der Waals surface area contributed by atoms with E-state index in [1.165, 1.54) is 0 Å². The minimum absolute atomic E-state index is 0.201. The molecule has 4 nitrogen and oxygen atoms in total. The molecular weight excluding hydrogens is 310 g/mol. The van der Waals surface area contributed by atoms with E-state index in [0.29, 0.717) is 13.1 Å². The zero-order chi connectivity index (χ0) is 17.4. The van der Waals surface area contributed by atoms with Gasteiger partial charge in [-0.05, 0) is 42.6 Å². The van der Waals surface area contributed by atoms with Gasteiger partial charge in [-0.25, -0.2) is 0 Å². The van der Waals surface area contributed by atoms with Gasteiger partial charge in [0.25, 0.3) is 0 Å². The average molecular weight is 331 g/mol. The lowest BCUT2D eigenvalue weighted by atomic mass is 9.75. The van der Waals surface area contributed by atoms with Crippen LogP contribution in [0.2, 0.25) is 0 Å². The number of fused-ring (bicyclic) bond motifs is 2. The third kappa shape index (κ3) is 2.43. The molecule has 1 spiro atoms. The number of likely N-dealkylation sites (N-methyl/N-ethyl adjacent to an activating group) is 1. The topological polar surface area (TPSA) is 47.3 Å². The summed E-state index contributed by atoms with van der Waals surface area (Å²) in [6.45, 7) is 2.39. The molecule has 4 rings (SSSR count). The first-order valence-corrected chi connectivity index (χ1v) is 8.74. The molecule has 126 valence electrons. The largest absolute Gasteiger partial charge is 0.314 e. The van der Waals surface area contributed by atoms with Crippen LogP contribution in [-0.2, 0) is 16.8 Å². The van der Waals surface area contributed by atoms with Gasteiger partial charge in [0, 0.05) is 25.8 Å². The van der Waals surface area contributed by atoms with Crippen molar-refractivity contribution in [3.8, 4) is 6.07 Å². The zero-order valence-corrected chi connectivity index (χ0v) is 14.4. The van der Waals surface area contributed by atoms with E-state index in [-0.39, 0.29) is 5.91 Å². The number of para-hydroxylation sites is 1. The van der Waals surface area contributed by atoms with Crippen LogP contribution in [0, 0.1) is 11.3 Å². The van der Waals surface area contributed by atoms with Gasteiger partial charge in [0.15, 0.2) is 0 Å².